The molecule has 0 bridgehead atoms. The fraction of sp³-hybridized carbons (Fsp3) is 0.167. The van der Waals surface area contributed by atoms with Crippen molar-refractivity contribution < 1.29 is 19.0 Å². The van der Waals surface area contributed by atoms with E-state index in [9.17, 15) is 4.79 Å². The van der Waals surface area contributed by atoms with E-state index in [2.05, 4.69) is 20.3 Å². The predicted octanol–water partition coefficient (Wildman–Crippen LogP) is 4.94. The van der Waals surface area contributed by atoms with Gasteiger partial charge in [-0.05, 0) is 49.4 Å². The molecule has 2 aromatic carbocycles. The van der Waals surface area contributed by atoms with E-state index in [1.165, 1.54) is 6.33 Å². The number of halogens is 1. The van der Waals surface area contributed by atoms with Gasteiger partial charge in [-0.1, -0.05) is 23.7 Å². The van der Waals surface area contributed by atoms with Crippen LogP contribution in [0.4, 0.5) is 11.5 Å². The molecule has 0 aliphatic carbocycles. The first-order valence-electron chi connectivity index (χ1n) is 10.3. The van der Waals surface area contributed by atoms with Crippen molar-refractivity contribution in [2.75, 3.05) is 18.5 Å². The number of pyridine rings is 1. The summed E-state index contributed by atoms with van der Waals surface area (Å²) in [6, 6.07) is 16.3. The van der Waals surface area contributed by atoms with Crippen molar-refractivity contribution in [2.45, 2.75) is 13.5 Å². The molecule has 2 aromatic heterocycles. The third kappa shape index (κ3) is 5.67. The lowest BCUT2D eigenvalue weighted by molar-refractivity contribution is -0.145. The maximum atomic E-state index is 11.7. The summed E-state index contributed by atoms with van der Waals surface area (Å²) in [6.45, 7) is 2.13. The number of benzene rings is 2. The van der Waals surface area contributed by atoms with Crippen LogP contribution in [0.1, 0.15) is 12.6 Å². The molecule has 1 N–H and O–H groups in total. The first-order valence-corrected chi connectivity index (χ1v) is 10.6. The molecule has 0 saturated carbocycles. The van der Waals surface area contributed by atoms with Gasteiger partial charge in [0.05, 0.1) is 28.2 Å². The third-order valence-corrected chi connectivity index (χ3v) is 4.87. The summed E-state index contributed by atoms with van der Waals surface area (Å²) >= 11 is 6.43. The van der Waals surface area contributed by atoms with Crippen molar-refractivity contribution >= 4 is 40.0 Å². The average Bonchev–Trinajstić information content (AvgIpc) is 2.83. The Kier molecular flexibility index (Phi) is 7.16. The van der Waals surface area contributed by atoms with Crippen LogP contribution in [-0.4, -0.2) is 34.1 Å². The lowest BCUT2D eigenvalue weighted by Gasteiger charge is -2.14. The monoisotopic (exact) mass is 464 g/mol. The fourth-order valence-corrected chi connectivity index (χ4v) is 3.34. The van der Waals surface area contributed by atoms with Crippen LogP contribution in [0, 0.1) is 0 Å². The number of anilines is 2. The lowest BCUT2D eigenvalue weighted by Crippen LogP contribution is -2.14. The van der Waals surface area contributed by atoms with Gasteiger partial charge in [0.15, 0.2) is 6.61 Å². The highest BCUT2D eigenvalue weighted by Gasteiger charge is 2.13. The van der Waals surface area contributed by atoms with Gasteiger partial charge in [-0.15, -0.1) is 0 Å². The number of nitrogens with zero attached hydrogens (tertiary/aromatic N) is 3. The second-order valence-electron chi connectivity index (χ2n) is 6.85. The second kappa shape index (κ2) is 10.6. The topological polar surface area (TPSA) is 95.5 Å². The van der Waals surface area contributed by atoms with Crippen molar-refractivity contribution in [1.29, 1.82) is 0 Å². The zero-order chi connectivity index (χ0) is 23.0. The summed E-state index contributed by atoms with van der Waals surface area (Å²) in [5.41, 5.74) is 2.17. The Morgan fingerprint density at radius 1 is 1.00 bits per heavy atom. The maximum Gasteiger partial charge on any atom is 0.344 e. The number of ether oxygens (including phenoxy) is 3. The van der Waals surface area contributed by atoms with Crippen molar-refractivity contribution in [3.05, 3.63) is 77.8 Å². The van der Waals surface area contributed by atoms with E-state index in [1.807, 2.05) is 30.3 Å². The van der Waals surface area contributed by atoms with E-state index < -0.39 is 5.97 Å². The van der Waals surface area contributed by atoms with Crippen LogP contribution in [-0.2, 0) is 16.1 Å². The van der Waals surface area contributed by atoms with Gasteiger partial charge in [0.25, 0.3) is 0 Å². The second-order valence-corrected chi connectivity index (χ2v) is 7.25. The molecule has 0 spiro atoms. The Hall–Kier alpha value is -3.91. The molecule has 0 amide bonds. The summed E-state index contributed by atoms with van der Waals surface area (Å²) in [5, 5.41) is 4.32. The van der Waals surface area contributed by atoms with Crippen LogP contribution < -0.4 is 14.8 Å². The molecule has 0 unspecified atom stereocenters. The molecular formula is C24H21ClN4O4. The van der Waals surface area contributed by atoms with E-state index in [0.717, 1.165) is 5.69 Å². The van der Waals surface area contributed by atoms with E-state index in [1.54, 1.807) is 37.4 Å². The molecule has 0 atom stereocenters. The van der Waals surface area contributed by atoms with Gasteiger partial charge in [-0.2, -0.15) is 0 Å². The Balaban J connectivity index is 1.53. The SMILES string of the molecule is CCOC(=O)COc1cccc2ncnc(Nc3ccc(OCc4ccccn4)c(Cl)c3)c12. The highest BCUT2D eigenvalue weighted by Crippen LogP contribution is 2.34. The number of hydrogen-bond donors (Lipinski definition) is 1. The highest BCUT2D eigenvalue weighted by molar-refractivity contribution is 6.32. The number of nitrogens with one attached hydrogen (secondary N) is 1. The molecule has 4 aromatic rings. The Bertz CT molecular complexity index is 1250. The van der Waals surface area contributed by atoms with Crippen LogP contribution in [0.25, 0.3) is 10.9 Å². The number of hydrogen-bond acceptors (Lipinski definition) is 8. The minimum absolute atomic E-state index is 0.213. The van der Waals surface area contributed by atoms with Gasteiger partial charge in [-0.3, -0.25) is 4.98 Å². The normalized spacial score (nSPS) is 10.6. The predicted molar refractivity (Wildman–Crippen MR) is 125 cm³/mol. The van der Waals surface area contributed by atoms with Crippen molar-refractivity contribution in [3.63, 3.8) is 0 Å². The molecule has 0 aliphatic rings. The Labute approximate surface area is 195 Å². The quantitative estimate of drug-likeness (QED) is 0.348. The summed E-state index contributed by atoms with van der Waals surface area (Å²) < 4.78 is 16.4. The number of esters is 1. The van der Waals surface area contributed by atoms with Crippen LogP contribution in [0.15, 0.2) is 67.1 Å². The first-order chi connectivity index (χ1) is 16.1. The van der Waals surface area contributed by atoms with E-state index in [0.29, 0.717) is 45.5 Å². The van der Waals surface area contributed by atoms with E-state index in [4.69, 9.17) is 25.8 Å². The number of carbonyl (C=O) groups excluding carboxylic acids is 1. The van der Waals surface area contributed by atoms with Crippen molar-refractivity contribution in [3.8, 4) is 11.5 Å². The minimum atomic E-state index is -0.450. The molecular weight excluding hydrogens is 444 g/mol. The maximum absolute atomic E-state index is 11.7. The summed E-state index contributed by atoms with van der Waals surface area (Å²) in [6.07, 6.45) is 3.16. The molecule has 168 valence electrons. The van der Waals surface area contributed by atoms with Gasteiger partial charge in [0.1, 0.15) is 30.3 Å². The molecule has 9 heteroatoms. The average molecular weight is 465 g/mol. The van der Waals surface area contributed by atoms with Crippen LogP contribution in [0.3, 0.4) is 0 Å². The molecule has 0 saturated heterocycles. The van der Waals surface area contributed by atoms with Crippen molar-refractivity contribution in [2.24, 2.45) is 0 Å². The number of fused-ring (bicyclic) bond motifs is 1. The Morgan fingerprint density at radius 2 is 1.91 bits per heavy atom. The Morgan fingerprint density at radius 3 is 2.70 bits per heavy atom. The molecule has 4 rings (SSSR count). The van der Waals surface area contributed by atoms with Gasteiger partial charge >= 0.3 is 5.97 Å². The first kappa shape index (κ1) is 22.3. The molecule has 8 nitrogen and oxygen atoms in total. The molecule has 0 fully saturated rings. The van der Waals surface area contributed by atoms with Gasteiger partial charge < -0.3 is 19.5 Å². The summed E-state index contributed by atoms with van der Waals surface area (Å²) in [7, 11) is 0. The van der Waals surface area contributed by atoms with Crippen LogP contribution in [0.2, 0.25) is 5.02 Å². The van der Waals surface area contributed by atoms with Crippen LogP contribution >= 0.6 is 11.6 Å². The molecule has 0 radical (unpaired) electrons. The minimum Gasteiger partial charge on any atom is -0.486 e. The largest absolute Gasteiger partial charge is 0.486 e. The smallest absolute Gasteiger partial charge is 0.344 e. The van der Waals surface area contributed by atoms with Crippen LogP contribution in [0.5, 0.6) is 11.5 Å². The fourth-order valence-electron chi connectivity index (χ4n) is 3.10. The zero-order valence-corrected chi connectivity index (χ0v) is 18.6. The standard InChI is InChI=1S/C24H21ClN4O4/c1-2-31-22(30)14-33-21-8-5-7-19-23(21)24(28-15-27-19)29-16-9-10-20(18(25)12-16)32-13-17-6-3-4-11-26-17/h3-12,15H,2,13-14H2,1H3,(H,27,28,29). The van der Waals surface area contributed by atoms with E-state index in [-0.39, 0.29) is 13.2 Å². The van der Waals surface area contributed by atoms with Gasteiger partial charge in [0.2, 0.25) is 0 Å². The third-order valence-electron chi connectivity index (χ3n) is 4.57. The molecule has 33 heavy (non-hydrogen) atoms. The molecule has 2 heterocycles. The molecule has 0 aliphatic heterocycles. The highest BCUT2D eigenvalue weighted by atomic mass is 35.5. The van der Waals surface area contributed by atoms with Gasteiger partial charge in [-0.25, -0.2) is 14.8 Å². The van der Waals surface area contributed by atoms with Crippen molar-refractivity contribution in [1.82, 2.24) is 15.0 Å². The van der Waals surface area contributed by atoms with E-state index >= 15 is 0 Å². The number of aromatic nitrogens is 3. The summed E-state index contributed by atoms with van der Waals surface area (Å²) in [5.74, 6) is 1.07. The number of carbonyl (C=O) groups is 1. The lowest BCUT2D eigenvalue weighted by atomic mass is 10.2. The number of rotatable bonds is 9. The summed E-state index contributed by atoms with van der Waals surface area (Å²) in [4.78, 5) is 24.6. The van der Waals surface area contributed by atoms with Gasteiger partial charge in [0, 0.05) is 11.9 Å². The zero-order valence-electron chi connectivity index (χ0n) is 17.8.